The minimum absolute atomic E-state index is 0.00732. The van der Waals surface area contributed by atoms with Crippen molar-refractivity contribution in [3.63, 3.8) is 0 Å². The van der Waals surface area contributed by atoms with Crippen LogP contribution in [0, 0.1) is 10.1 Å². The first-order valence-corrected chi connectivity index (χ1v) is 7.29. The number of nitrogens with zero attached hydrogens (tertiary/aromatic N) is 1. The highest BCUT2D eigenvalue weighted by molar-refractivity contribution is 9.10. The van der Waals surface area contributed by atoms with Crippen LogP contribution in [0.4, 0.5) is 0 Å². The Bertz CT molecular complexity index is 743. The third-order valence-electron chi connectivity index (χ3n) is 3.17. The van der Waals surface area contributed by atoms with E-state index in [4.69, 9.17) is 16.3 Å². The zero-order chi connectivity index (χ0) is 15.0. The third kappa shape index (κ3) is 2.80. The molecule has 1 atom stereocenters. The molecule has 1 aliphatic rings. The van der Waals surface area contributed by atoms with Crippen LogP contribution in [0.2, 0.25) is 5.02 Å². The summed E-state index contributed by atoms with van der Waals surface area (Å²) < 4.78 is 6.71. The molecule has 0 radical (unpaired) electrons. The van der Waals surface area contributed by atoms with Gasteiger partial charge in [-0.3, -0.25) is 10.1 Å². The lowest BCUT2D eigenvalue weighted by Crippen LogP contribution is -2.19. The van der Waals surface area contributed by atoms with Gasteiger partial charge in [0, 0.05) is 26.7 Å². The molecule has 1 aliphatic heterocycles. The van der Waals surface area contributed by atoms with E-state index in [0.717, 1.165) is 10.0 Å². The first-order valence-electron chi connectivity index (χ1n) is 6.12. The topological polar surface area (TPSA) is 52.4 Å². The van der Waals surface area contributed by atoms with Crippen molar-refractivity contribution in [2.75, 3.05) is 0 Å². The zero-order valence-corrected chi connectivity index (χ0v) is 13.0. The smallest absolute Gasteiger partial charge is 0.291 e. The molecule has 21 heavy (non-hydrogen) atoms. The molecule has 2 aromatic carbocycles. The number of fused-ring (bicyclic) bond motifs is 1. The van der Waals surface area contributed by atoms with E-state index in [1.165, 1.54) is 6.08 Å². The summed E-state index contributed by atoms with van der Waals surface area (Å²) in [4.78, 5) is 10.9. The monoisotopic (exact) mass is 365 g/mol. The van der Waals surface area contributed by atoms with E-state index < -0.39 is 11.0 Å². The van der Waals surface area contributed by atoms with Crippen LogP contribution >= 0.6 is 27.5 Å². The lowest BCUT2D eigenvalue weighted by molar-refractivity contribution is -0.434. The summed E-state index contributed by atoms with van der Waals surface area (Å²) in [6, 6.07) is 12.3. The second-order valence-electron chi connectivity index (χ2n) is 4.56. The van der Waals surface area contributed by atoms with Crippen LogP contribution in [-0.2, 0) is 0 Å². The summed E-state index contributed by atoms with van der Waals surface area (Å²) in [5, 5.41) is 11.8. The van der Waals surface area contributed by atoms with E-state index in [-0.39, 0.29) is 5.70 Å². The van der Waals surface area contributed by atoms with Gasteiger partial charge in [-0.1, -0.05) is 39.7 Å². The van der Waals surface area contributed by atoms with Gasteiger partial charge in [0.1, 0.15) is 5.75 Å². The van der Waals surface area contributed by atoms with Gasteiger partial charge < -0.3 is 4.74 Å². The van der Waals surface area contributed by atoms with Crippen molar-refractivity contribution in [2.24, 2.45) is 0 Å². The molecular weight excluding hydrogens is 358 g/mol. The zero-order valence-electron chi connectivity index (χ0n) is 10.6. The molecule has 0 aromatic heterocycles. The van der Waals surface area contributed by atoms with Crippen molar-refractivity contribution in [1.82, 2.24) is 0 Å². The Labute approximate surface area is 134 Å². The molecule has 0 bridgehead atoms. The molecule has 0 N–H and O–H groups in total. The van der Waals surface area contributed by atoms with E-state index in [2.05, 4.69) is 15.9 Å². The summed E-state index contributed by atoms with van der Waals surface area (Å²) in [7, 11) is 0. The SMILES string of the molecule is O=[N+]([O-])C1=Cc2cc(Cl)ccc2OC1c1ccc(Br)cc1. The van der Waals surface area contributed by atoms with Crippen LogP contribution in [0.5, 0.6) is 5.75 Å². The molecule has 106 valence electrons. The fourth-order valence-electron chi connectivity index (χ4n) is 2.19. The normalized spacial score (nSPS) is 16.7. The Hall–Kier alpha value is -1.85. The van der Waals surface area contributed by atoms with Gasteiger partial charge in [-0.15, -0.1) is 0 Å². The van der Waals surface area contributed by atoms with E-state index in [0.29, 0.717) is 16.3 Å². The Kier molecular flexibility index (Phi) is 3.69. The maximum Gasteiger partial charge on any atom is 0.291 e. The van der Waals surface area contributed by atoms with E-state index >= 15 is 0 Å². The predicted molar refractivity (Wildman–Crippen MR) is 83.9 cm³/mol. The first-order chi connectivity index (χ1) is 10.0. The molecule has 0 spiro atoms. The molecule has 0 fully saturated rings. The van der Waals surface area contributed by atoms with Gasteiger partial charge in [-0.25, -0.2) is 0 Å². The molecule has 6 heteroatoms. The maximum absolute atomic E-state index is 11.3. The number of ether oxygens (including phenoxy) is 1. The number of hydrogen-bond acceptors (Lipinski definition) is 3. The number of benzene rings is 2. The highest BCUT2D eigenvalue weighted by atomic mass is 79.9. The number of nitro groups is 1. The minimum Gasteiger partial charge on any atom is -0.474 e. The van der Waals surface area contributed by atoms with Gasteiger partial charge in [-0.05, 0) is 30.3 Å². The average Bonchev–Trinajstić information content (AvgIpc) is 2.46. The second-order valence-corrected chi connectivity index (χ2v) is 5.91. The first kappa shape index (κ1) is 14.1. The summed E-state index contributed by atoms with van der Waals surface area (Å²) >= 11 is 9.26. The lowest BCUT2D eigenvalue weighted by atomic mass is 10.0. The lowest BCUT2D eigenvalue weighted by Gasteiger charge is -2.22. The maximum atomic E-state index is 11.3. The van der Waals surface area contributed by atoms with Crippen molar-refractivity contribution in [1.29, 1.82) is 0 Å². The predicted octanol–water partition coefficient (Wildman–Crippen LogP) is 4.85. The fraction of sp³-hybridized carbons (Fsp3) is 0.0667. The second kappa shape index (κ2) is 5.50. The Morgan fingerprint density at radius 2 is 1.90 bits per heavy atom. The van der Waals surface area contributed by atoms with Crippen molar-refractivity contribution in [2.45, 2.75) is 6.10 Å². The molecule has 0 saturated heterocycles. The largest absolute Gasteiger partial charge is 0.474 e. The standard InChI is InChI=1S/C15H9BrClNO3/c16-11-3-1-9(2-4-11)15-13(18(19)20)8-10-7-12(17)5-6-14(10)21-15/h1-8,15H. The molecule has 2 aromatic rings. The van der Waals surface area contributed by atoms with Crippen molar-refractivity contribution >= 4 is 33.6 Å². The molecule has 0 aliphatic carbocycles. The van der Waals surface area contributed by atoms with Crippen molar-refractivity contribution in [3.05, 3.63) is 78.9 Å². The average molecular weight is 367 g/mol. The van der Waals surface area contributed by atoms with Crippen LogP contribution in [0.3, 0.4) is 0 Å². The van der Waals surface area contributed by atoms with E-state index in [1.54, 1.807) is 30.3 Å². The van der Waals surface area contributed by atoms with Gasteiger partial charge in [0.2, 0.25) is 6.10 Å². The highest BCUT2D eigenvalue weighted by Gasteiger charge is 2.33. The number of hydrogen-bond donors (Lipinski definition) is 0. The summed E-state index contributed by atoms with van der Waals surface area (Å²) in [5.41, 5.74) is 1.33. The molecule has 0 saturated carbocycles. The third-order valence-corrected chi connectivity index (χ3v) is 3.94. The van der Waals surface area contributed by atoms with Crippen LogP contribution in [-0.4, -0.2) is 4.92 Å². The van der Waals surface area contributed by atoms with E-state index in [1.807, 2.05) is 12.1 Å². The minimum atomic E-state index is -0.734. The molecular formula is C15H9BrClNO3. The van der Waals surface area contributed by atoms with Gasteiger partial charge in [0.25, 0.3) is 5.70 Å². The van der Waals surface area contributed by atoms with Crippen LogP contribution in [0.1, 0.15) is 17.2 Å². The molecule has 4 nitrogen and oxygen atoms in total. The van der Waals surface area contributed by atoms with Gasteiger partial charge >= 0.3 is 0 Å². The van der Waals surface area contributed by atoms with Gasteiger partial charge in [-0.2, -0.15) is 0 Å². The molecule has 1 unspecified atom stereocenters. The summed E-state index contributed by atoms with van der Waals surface area (Å²) in [6.45, 7) is 0. The van der Waals surface area contributed by atoms with Crippen molar-refractivity contribution in [3.8, 4) is 5.75 Å². The molecule has 0 amide bonds. The summed E-state index contributed by atoms with van der Waals surface area (Å²) in [6.07, 6.45) is 0.777. The quantitative estimate of drug-likeness (QED) is 0.564. The Balaban J connectivity index is 2.08. The Morgan fingerprint density at radius 3 is 2.57 bits per heavy atom. The number of rotatable bonds is 2. The van der Waals surface area contributed by atoms with Crippen LogP contribution in [0.15, 0.2) is 52.6 Å². The summed E-state index contributed by atoms with van der Waals surface area (Å²) in [5.74, 6) is 0.581. The fourth-order valence-corrected chi connectivity index (χ4v) is 2.63. The Morgan fingerprint density at radius 1 is 1.19 bits per heavy atom. The van der Waals surface area contributed by atoms with Crippen molar-refractivity contribution < 1.29 is 9.66 Å². The highest BCUT2D eigenvalue weighted by Crippen LogP contribution is 2.38. The van der Waals surface area contributed by atoms with Gasteiger partial charge in [0.15, 0.2) is 0 Å². The molecule has 1 heterocycles. The number of halogens is 2. The van der Waals surface area contributed by atoms with Gasteiger partial charge in [0.05, 0.1) is 4.92 Å². The van der Waals surface area contributed by atoms with Crippen LogP contribution < -0.4 is 4.74 Å². The van der Waals surface area contributed by atoms with E-state index in [9.17, 15) is 10.1 Å². The molecule has 3 rings (SSSR count). The van der Waals surface area contributed by atoms with Crippen LogP contribution in [0.25, 0.3) is 6.08 Å².